The van der Waals surface area contributed by atoms with Crippen molar-refractivity contribution in [3.05, 3.63) is 194 Å². The molecular formula is C91H146O17P2. The summed E-state index contributed by atoms with van der Waals surface area (Å²) in [5.74, 6) is -2.36. The molecule has 5 atom stereocenters. The fraction of sp³-hybridized carbons (Fsp3) is 0.604. The maximum atomic E-state index is 13.1. The third kappa shape index (κ3) is 80.0. The molecule has 0 rings (SSSR count). The highest BCUT2D eigenvalue weighted by molar-refractivity contribution is 7.47. The number of esters is 4. The van der Waals surface area contributed by atoms with Crippen LogP contribution in [0.4, 0.5) is 0 Å². The number of phosphoric acid groups is 2. The van der Waals surface area contributed by atoms with E-state index in [-0.39, 0.29) is 25.7 Å². The number of rotatable bonds is 76. The van der Waals surface area contributed by atoms with E-state index in [0.717, 1.165) is 193 Å². The summed E-state index contributed by atoms with van der Waals surface area (Å²) in [5.41, 5.74) is 0. The maximum Gasteiger partial charge on any atom is 0.472 e. The van der Waals surface area contributed by atoms with Crippen LogP contribution in [0.5, 0.6) is 0 Å². The van der Waals surface area contributed by atoms with Crippen LogP contribution < -0.4 is 0 Å². The van der Waals surface area contributed by atoms with Crippen LogP contribution in [-0.4, -0.2) is 96.7 Å². The molecule has 0 aromatic rings. The van der Waals surface area contributed by atoms with Crippen molar-refractivity contribution < 1.29 is 80.2 Å². The van der Waals surface area contributed by atoms with E-state index in [1.54, 1.807) is 0 Å². The smallest absolute Gasteiger partial charge is 0.462 e. The van der Waals surface area contributed by atoms with Crippen LogP contribution in [-0.2, 0) is 65.4 Å². The molecule has 110 heavy (non-hydrogen) atoms. The number of carbonyl (C=O) groups is 4. The lowest BCUT2D eigenvalue weighted by Gasteiger charge is -2.21. The minimum Gasteiger partial charge on any atom is -0.462 e. The molecule has 0 heterocycles. The topological polar surface area (TPSA) is 237 Å². The van der Waals surface area contributed by atoms with Crippen LogP contribution in [0, 0.1) is 0 Å². The van der Waals surface area contributed by atoms with Crippen molar-refractivity contribution in [3.8, 4) is 0 Å². The van der Waals surface area contributed by atoms with Crippen molar-refractivity contribution >= 4 is 39.5 Å². The van der Waals surface area contributed by atoms with Gasteiger partial charge in [0.15, 0.2) is 12.2 Å². The Labute approximate surface area is 666 Å². The summed E-state index contributed by atoms with van der Waals surface area (Å²) in [7, 11) is -10.0. The second-order valence-electron chi connectivity index (χ2n) is 26.9. The van der Waals surface area contributed by atoms with Crippen LogP contribution in [0.2, 0.25) is 0 Å². The van der Waals surface area contributed by atoms with Gasteiger partial charge in [0.2, 0.25) is 0 Å². The first-order chi connectivity index (χ1) is 53.7. The van der Waals surface area contributed by atoms with E-state index in [4.69, 9.17) is 37.0 Å². The third-order valence-electron chi connectivity index (χ3n) is 16.5. The van der Waals surface area contributed by atoms with Gasteiger partial charge in [0, 0.05) is 25.7 Å². The van der Waals surface area contributed by atoms with Crippen molar-refractivity contribution in [3.63, 3.8) is 0 Å². The molecule has 0 saturated heterocycles. The quantitative estimate of drug-likeness (QED) is 0.0169. The second-order valence-corrected chi connectivity index (χ2v) is 29.8. The average molecular weight is 1570 g/mol. The van der Waals surface area contributed by atoms with Gasteiger partial charge in [-0.3, -0.25) is 37.3 Å². The van der Waals surface area contributed by atoms with Gasteiger partial charge >= 0.3 is 39.5 Å². The molecule has 0 radical (unpaired) electrons. The largest absolute Gasteiger partial charge is 0.472 e. The van der Waals surface area contributed by atoms with Gasteiger partial charge in [-0.05, 0) is 173 Å². The fourth-order valence-corrected chi connectivity index (χ4v) is 11.8. The lowest BCUT2D eigenvalue weighted by Crippen LogP contribution is -2.30. The number of hydrogen-bond donors (Lipinski definition) is 3. The number of allylic oxidation sites excluding steroid dienone is 32. The summed E-state index contributed by atoms with van der Waals surface area (Å²) in [6, 6.07) is 0. The number of aliphatic hydroxyl groups excluding tert-OH is 1. The standard InChI is InChI=1S/C91H146O17P2/c1-5-9-13-17-21-25-29-33-36-39-42-45-48-52-55-59-63-67-71-75-88(93)101-81-86(107-90(95)77-73-69-65-61-57-51-32-28-24-20-16-12-8-4)83-105-109(97,98)103-79-85(92)80-104-110(99,100)106-84-87(108-91(96)78-74-70-66-62-58-54-50-47-44-41-38-35-31-27-23-19-15-11-7-3)82-102-89(94)76-72-68-64-60-56-53-49-46-43-40-37-34-30-26-22-18-14-10-6-2/h9-10,13-14,16,20-23,25-28,32-38,42-47,52-53,55-56,63,67,85-87,92H,5-8,11-12,15,17-19,24,29-31,39-41,48-51,54,57-62,64-66,68-84H2,1-4H3,(H,97,98)(H,99,100)/b13-9-,14-10-,20-16-,25-21-,26-22-,27-23-,32-28-,36-33-,37-34-,38-35-,45-42-,46-43-,47-44-,55-52-,56-53-,67-63-. The normalized spacial score (nSPS) is 14.8. The summed E-state index contributed by atoms with van der Waals surface area (Å²) < 4.78 is 68.6. The Bertz CT molecular complexity index is 2850. The molecule has 19 heteroatoms. The SMILES string of the molecule is CC/C=C\C/C=C\C/C=C\C/C=C\C/C=C\C/C=C\CCC(=O)OCC(COP(=O)(O)OCC(O)COP(=O)(O)OCC(COC(=O)CCCCC/C=C\C/C=C\C/C=C\C/C=C\C/C=C\CC)OC(=O)CCCCCCCC/C=C\C/C=C\C/C=C\CCCCC)OC(=O)CCCCCCC/C=C\C/C=C\CCC. The molecule has 0 spiro atoms. The lowest BCUT2D eigenvalue weighted by molar-refractivity contribution is -0.161. The molecular weight excluding hydrogens is 1430 g/mol. The van der Waals surface area contributed by atoms with Crippen LogP contribution in [0.1, 0.15) is 297 Å². The number of hydrogen-bond acceptors (Lipinski definition) is 15. The van der Waals surface area contributed by atoms with Gasteiger partial charge in [-0.2, -0.15) is 0 Å². The van der Waals surface area contributed by atoms with Gasteiger partial charge in [0.25, 0.3) is 0 Å². The molecule has 0 aliphatic carbocycles. The predicted octanol–water partition coefficient (Wildman–Crippen LogP) is 24.9. The summed E-state index contributed by atoms with van der Waals surface area (Å²) in [4.78, 5) is 73.2. The van der Waals surface area contributed by atoms with E-state index < -0.39 is 97.5 Å². The minimum absolute atomic E-state index is 0.0254. The highest BCUT2D eigenvalue weighted by Gasteiger charge is 2.30. The Hall–Kier alpha value is -6.10. The molecule has 0 aromatic carbocycles. The van der Waals surface area contributed by atoms with Gasteiger partial charge in [-0.15, -0.1) is 0 Å². The first-order valence-corrected chi connectivity index (χ1v) is 44.7. The van der Waals surface area contributed by atoms with Crippen molar-refractivity contribution in [2.45, 2.75) is 316 Å². The van der Waals surface area contributed by atoms with E-state index in [0.29, 0.717) is 32.1 Å². The summed E-state index contributed by atoms with van der Waals surface area (Å²) in [6.07, 6.45) is 99.8. The average Bonchev–Trinajstić information content (AvgIpc) is 0.942. The minimum atomic E-state index is -5.01. The number of unbranched alkanes of at least 4 members (excludes halogenated alkanes) is 18. The van der Waals surface area contributed by atoms with Crippen molar-refractivity contribution in [1.82, 2.24) is 0 Å². The van der Waals surface area contributed by atoms with Crippen LogP contribution in [0.25, 0.3) is 0 Å². The first kappa shape index (κ1) is 104. The molecule has 622 valence electrons. The Morgan fingerprint density at radius 3 is 0.827 bits per heavy atom. The highest BCUT2D eigenvalue weighted by atomic mass is 31.2. The molecule has 0 aliphatic rings. The zero-order chi connectivity index (χ0) is 80.3. The van der Waals surface area contributed by atoms with Crippen molar-refractivity contribution in [1.29, 1.82) is 0 Å². The molecule has 3 N–H and O–H groups in total. The molecule has 0 bridgehead atoms. The van der Waals surface area contributed by atoms with E-state index in [9.17, 15) is 43.2 Å². The Morgan fingerprint density at radius 1 is 0.264 bits per heavy atom. The van der Waals surface area contributed by atoms with Crippen molar-refractivity contribution in [2.75, 3.05) is 39.6 Å². The Balaban J connectivity index is 5.50. The van der Waals surface area contributed by atoms with Gasteiger partial charge in [0.1, 0.15) is 19.3 Å². The summed E-state index contributed by atoms with van der Waals surface area (Å²) >= 11 is 0. The molecule has 0 aromatic heterocycles. The Kier molecular flexibility index (Phi) is 76.4. The van der Waals surface area contributed by atoms with Crippen molar-refractivity contribution in [2.24, 2.45) is 0 Å². The number of aliphatic hydroxyl groups is 1. The first-order valence-electron chi connectivity index (χ1n) is 41.7. The highest BCUT2D eigenvalue weighted by Crippen LogP contribution is 2.45. The number of carbonyl (C=O) groups excluding carboxylic acids is 4. The second kappa shape index (κ2) is 80.9. The molecule has 0 aliphatic heterocycles. The van der Waals surface area contributed by atoms with E-state index in [2.05, 4.69) is 204 Å². The van der Waals surface area contributed by atoms with Gasteiger partial charge in [-0.1, -0.05) is 293 Å². The summed E-state index contributed by atoms with van der Waals surface area (Å²) in [5, 5.41) is 10.7. The molecule has 5 unspecified atom stereocenters. The van der Waals surface area contributed by atoms with Crippen LogP contribution in [0.3, 0.4) is 0 Å². The van der Waals surface area contributed by atoms with E-state index in [1.807, 2.05) is 18.2 Å². The van der Waals surface area contributed by atoms with Gasteiger partial charge in [-0.25, -0.2) is 9.13 Å². The zero-order valence-electron chi connectivity index (χ0n) is 68.1. The molecule has 17 nitrogen and oxygen atoms in total. The van der Waals surface area contributed by atoms with E-state index in [1.165, 1.54) is 19.3 Å². The Morgan fingerprint density at radius 2 is 0.509 bits per heavy atom. The molecule has 0 amide bonds. The predicted molar refractivity (Wildman–Crippen MR) is 454 cm³/mol. The maximum absolute atomic E-state index is 13.1. The van der Waals surface area contributed by atoms with Crippen LogP contribution in [0.15, 0.2) is 194 Å². The lowest BCUT2D eigenvalue weighted by atomic mass is 10.1. The number of phosphoric ester groups is 2. The van der Waals surface area contributed by atoms with Crippen LogP contribution >= 0.6 is 15.6 Å². The van der Waals surface area contributed by atoms with Gasteiger partial charge < -0.3 is 33.8 Å². The molecule has 0 saturated carbocycles. The fourth-order valence-electron chi connectivity index (χ4n) is 10.3. The third-order valence-corrected chi connectivity index (χ3v) is 18.4. The zero-order valence-corrected chi connectivity index (χ0v) is 69.9. The number of ether oxygens (including phenoxy) is 4. The van der Waals surface area contributed by atoms with Gasteiger partial charge in [0.05, 0.1) is 26.4 Å². The molecule has 0 fully saturated rings. The monoisotopic (exact) mass is 1570 g/mol. The van der Waals surface area contributed by atoms with E-state index >= 15 is 0 Å². The summed E-state index contributed by atoms with van der Waals surface area (Å²) in [6.45, 7) is 4.39.